The SMILES string of the molecule is CCC(C(=O)O)(C(=O)O)C1CCCCC1.[Ba+2].[H-].[H-]. The van der Waals surface area contributed by atoms with Crippen molar-refractivity contribution >= 4 is 60.8 Å². The fourth-order valence-electron chi connectivity index (χ4n) is 2.63. The van der Waals surface area contributed by atoms with Crippen molar-refractivity contribution in [3.8, 4) is 0 Å². The van der Waals surface area contributed by atoms with E-state index in [-0.39, 0.29) is 64.1 Å². The van der Waals surface area contributed by atoms with Crippen LogP contribution in [0.3, 0.4) is 0 Å². The van der Waals surface area contributed by atoms with Gasteiger partial charge in [0.2, 0.25) is 0 Å². The zero-order valence-corrected chi connectivity index (χ0v) is 14.2. The molecule has 2 N–H and O–H groups in total. The fraction of sp³-hybridized carbons (Fsp3) is 0.818. The average Bonchev–Trinajstić information content (AvgIpc) is 2.20. The van der Waals surface area contributed by atoms with E-state index in [1.54, 1.807) is 6.92 Å². The third-order valence-corrected chi connectivity index (χ3v) is 3.62. The van der Waals surface area contributed by atoms with Crippen LogP contribution in [0.15, 0.2) is 0 Å². The second-order valence-corrected chi connectivity index (χ2v) is 4.27. The van der Waals surface area contributed by atoms with Gasteiger partial charge in [-0.1, -0.05) is 26.2 Å². The van der Waals surface area contributed by atoms with Gasteiger partial charge in [0.15, 0.2) is 5.41 Å². The Kier molecular flexibility index (Phi) is 7.28. The standard InChI is InChI=1S/C11H18O4.Ba.2H/c1-2-11(9(12)13,10(14)15)8-6-4-3-5-7-8;;;/h8H,2-7H2,1H3,(H,12,13)(H,14,15);;;/q;+2;2*-1. The fourth-order valence-corrected chi connectivity index (χ4v) is 2.63. The quantitative estimate of drug-likeness (QED) is 0.598. The molecule has 1 aliphatic carbocycles. The summed E-state index contributed by atoms with van der Waals surface area (Å²) in [4.78, 5) is 22.4. The molecule has 90 valence electrons. The minimum atomic E-state index is -1.56. The van der Waals surface area contributed by atoms with Crippen molar-refractivity contribution in [1.82, 2.24) is 0 Å². The molecule has 5 heteroatoms. The van der Waals surface area contributed by atoms with Gasteiger partial charge in [0.1, 0.15) is 0 Å². The van der Waals surface area contributed by atoms with Crippen LogP contribution in [-0.2, 0) is 9.59 Å². The maximum Gasteiger partial charge on any atom is 2.00 e. The molecule has 0 saturated heterocycles. The molecule has 0 radical (unpaired) electrons. The summed E-state index contributed by atoms with van der Waals surface area (Å²) in [6, 6.07) is 0. The van der Waals surface area contributed by atoms with Crippen LogP contribution in [-0.4, -0.2) is 71.0 Å². The summed E-state index contributed by atoms with van der Waals surface area (Å²) in [5.74, 6) is -2.56. The second kappa shape index (κ2) is 7.06. The summed E-state index contributed by atoms with van der Waals surface area (Å²) >= 11 is 0. The Hall–Kier alpha value is 0.511. The van der Waals surface area contributed by atoms with Crippen molar-refractivity contribution in [3.63, 3.8) is 0 Å². The average molecular weight is 354 g/mol. The molecule has 1 fully saturated rings. The first-order chi connectivity index (χ1) is 7.05. The number of hydrogen-bond donors (Lipinski definition) is 2. The van der Waals surface area contributed by atoms with Gasteiger partial charge in [0.25, 0.3) is 0 Å². The molecule has 0 bridgehead atoms. The van der Waals surface area contributed by atoms with E-state index in [2.05, 4.69) is 0 Å². The van der Waals surface area contributed by atoms with Crippen LogP contribution < -0.4 is 0 Å². The van der Waals surface area contributed by atoms with Crippen molar-refractivity contribution in [2.75, 3.05) is 0 Å². The number of carbonyl (C=O) groups is 2. The zero-order valence-electron chi connectivity index (χ0n) is 11.7. The van der Waals surface area contributed by atoms with Gasteiger partial charge in [-0.05, 0) is 25.2 Å². The van der Waals surface area contributed by atoms with E-state index in [9.17, 15) is 9.59 Å². The van der Waals surface area contributed by atoms with Gasteiger partial charge in [-0.15, -0.1) is 0 Å². The molecular formula is C11H20BaO4. The molecule has 0 unspecified atom stereocenters. The third-order valence-electron chi connectivity index (χ3n) is 3.62. The molecule has 0 aromatic carbocycles. The summed E-state index contributed by atoms with van der Waals surface area (Å²) in [6.45, 7) is 1.65. The van der Waals surface area contributed by atoms with Crippen LogP contribution in [0, 0.1) is 11.3 Å². The van der Waals surface area contributed by atoms with Crippen molar-refractivity contribution in [2.45, 2.75) is 45.4 Å². The zero-order chi connectivity index (χ0) is 11.5. The number of aliphatic carboxylic acids is 2. The number of rotatable bonds is 4. The van der Waals surface area contributed by atoms with E-state index in [1.807, 2.05) is 0 Å². The maximum atomic E-state index is 11.2. The van der Waals surface area contributed by atoms with Crippen molar-refractivity contribution in [3.05, 3.63) is 0 Å². The molecule has 16 heavy (non-hydrogen) atoms. The predicted molar refractivity (Wildman–Crippen MR) is 62.5 cm³/mol. The summed E-state index contributed by atoms with van der Waals surface area (Å²) < 4.78 is 0. The van der Waals surface area contributed by atoms with Gasteiger partial charge >= 0.3 is 60.8 Å². The molecule has 0 aromatic heterocycles. The molecule has 0 atom stereocenters. The van der Waals surface area contributed by atoms with Crippen LogP contribution in [0.4, 0.5) is 0 Å². The van der Waals surface area contributed by atoms with Crippen LogP contribution in [0.25, 0.3) is 0 Å². The first kappa shape index (κ1) is 16.5. The molecule has 0 spiro atoms. The molecule has 1 aliphatic rings. The first-order valence-corrected chi connectivity index (χ1v) is 5.52. The molecule has 0 aromatic rings. The minimum Gasteiger partial charge on any atom is -1.00 e. The Bertz CT molecular complexity index is 254. The smallest absolute Gasteiger partial charge is 1.00 e. The molecule has 1 saturated carbocycles. The molecule has 0 heterocycles. The molecule has 4 nitrogen and oxygen atoms in total. The summed E-state index contributed by atoms with van der Waals surface area (Å²) in [5, 5.41) is 18.3. The van der Waals surface area contributed by atoms with Gasteiger partial charge in [0.05, 0.1) is 0 Å². The number of hydrogen-bond acceptors (Lipinski definition) is 2. The molecule has 1 rings (SSSR count). The van der Waals surface area contributed by atoms with Crippen LogP contribution >= 0.6 is 0 Å². The minimum absolute atomic E-state index is 0. The van der Waals surface area contributed by atoms with Crippen LogP contribution in [0.2, 0.25) is 0 Å². The van der Waals surface area contributed by atoms with Gasteiger partial charge in [-0.25, -0.2) is 0 Å². The van der Waals surface area contributed by atoms with Crippen LogP contribution in [0.5, 0.6) is 0 Å². The van der Waals surface area contributed by atoms with Gasteiger partial charge in [-0.3, -0.25) is 9.59 Å². The molecule has 0 amide bonds. The maximum absolute atomic E-state index is 11.2. The Morgan fingerprint density at radius 3 is 1.94 bits per heavy atom. The third kappa shape index (κ3) is 3.04. The monoisotopic (exact) mass is 354 g/mol. The Morgan fingerprint density at radius 2 is 1.62 bits per heavy atom. The van der Waals surface area contributed by atoms with Gasteiger partial charge in [-0.2, -0.15) is 0 Å². The van der Waals surface area contributed by atoms with Crippen molar-refractivity contribution in [1.29, 1.82) is 0 Å². The van der Waals surface area contributed by atoms with Crippen molar-refractivity contribution < 1.29 is 22.7 Å². The van der Waals surface area contributed by atoms with Gasteiger partial charge < -0.3 is 13.1 Å². The van der Waals surface area contributed by atoms with E-state index in [4.69, 9.17) is 10.2 Å². The van der Waals surface area contributed by atoms with Crippen molar-refractivity contribution in [2.24, 2.45) is 11.3 Å². The molecule has 0 aliphatic heterocycles. The summed E-state index contributed by atoms with van der Waals surface area (Å²) in [7, 11) is 0. The number of carboxylic acids is 2. The summed E-state index contributed by atoms with van der Waals surface area (Å²) in [6.07, 6.45) is 4.62. The largest absolute Gasteiger partial charge is 2.00 e. The molecular weight excluding hydrogens is 333 g/mol. The Labute approximate surface area is 139 Å². The summed E-state index contributed by atoms with van der Waals surface area (Å²) in [5.41, 5.74) is -1.56. The predicted octanol–water partition coefficient (Wildman–Crippen LogP) is 1.98. The topological polar surface area (TPSA) is 74.6 Å². The second-order valence-electron chi connectivity index (χ2n) is 4.27. The van der Waals surface area contributed by atoms with E-state index < -0.39 is 17.4 Å². The Balaban J connectivity index is -0.000000750. The van der Waals surface area contributed by atoms with E-state index >= 15 is 0 Å². The van der Waals surface area contributed by atoms with E-state index in [0.717, 1.165) is 32.1 Å². The first-order valence-electron chi connectivity index (χ1n) is 5.52. The van der Waals surface area contributed by atoms with E-state index in [0.29, 0.717) is 0 Å². The van der Waals surface area contributed by atoms with Gasteiger partial charge in [0, 0.05) is 0 Å². The number of carboxylic acid groups (broad SMARTS) is 2. The van der Waals surface area contributed by atoms with Crippen LogP contribution in [0.1, 0.15) is 48.3 Å². The van der Waals surface area contributed by atoms with E-state index in [1.165, 1.54) is 0 Å². The Morgan fingerprint density at radius 1 is 1.19 bits per heavy atom. The normalized spacial score (nSPS) is 17.6.